The van der Waals surface area contributed by atoms with Crippen LogP contribution in [0.4, 0.5) is 0 Å². The molecule has 1 unspecified atom stereocenters. The van der Waals surface area contributed by atoms with Gasteiger partial charge in [-0.25, -0.2) is 0 Å². The zero-order valence-electron chi connectivity index (χ0n) is 8.44. The molecule has 0 spiro atoms. The monoisotopic (exact) mass is 244 g/mol. The first-order valence-electron chi connectivity index (χ1n) is 4.69. The van der Waals surface area contributed by atoms with Crippen molar-refractivity contribution in [2.75, 3.05) is 6.61 Å². The van der Waals surface area contributed by atoms with Gasteiger partial charge in [0.15, 0.2) is 6.29 Å². The van der Waals surface area contributed by atoms with Gasteiger partial charge in [0.05, 0.1) is 0 Å². The molecule has 0 bridgehead atoms. The third-order valence-electron chi connectivity index (χ3n) is 1.96. The van der Waals surface area contributed by atoms with Gasteiger partial charge in [0.25, 0.3) is 0 Å². The van der Waals surface area contributed by atoms with Crippen molar-refractivity contribution in [2.24, 2.45) is 0 Å². The fourth-order valence-electron chi connectivity index (χ4n) is 1.18. The van der Waals surface area contributed by atoms with Gasteiger partial charge < -0.3 is 5.11 Å². The van der Waals surface area contributed by atoms with Crippen molar-refractivity contribution in [3.8, 4) is 0 Å². The van der Waals surface area contributed by atoms with Gasteiger partial charge in [0.2, 0.25) is 0 Å². The SMILES string of the molecule is CC(CCO)Sc1ccc(Cl)cc1C=O. The maximum Gasteiger partial charge on any atom is 0.151 e. The lowest BCUT2D eigenvalue weighted by Gasteiger charge is -2.11. The molecule has 0 saturated heterocycles. The van der Waals surface area contributed by atoms with Gasteiger partial charge in [-0.1, -0.05) is 18.5 Å². The highest BCUT2D eigenvalue weighted by Crippen LogP contribution is 2.29. The van der Waals surface area contributed by atoms with Crippen LogP contribution in [0.25, 0.3) is 0 Å². The molecule has 1 atom stereocenters. The van der Waals surface area contributed by atoms with Gasteiger partial charge in [0, 0.05) is 27.3 Å². The van der Waals surface area contributed by atoms with E-state index in [-0.39, 0.29) is 11.9 Å². The standard InChI is InChI=1S/C11H13ClO2S/c1-8(4-5-13)15-11-3-2-10(12)6-9(11)7-14/h2-3,6-8,13H,4-5H2,1H3. The summed E-state index contributed by atoms with van der Waals surface area (Å²) >= 11 is 7.36. The maximum atomic E-state index is 10.8. The first-order valence-corrected chi connectivity index (χ1v) is 5.95. The summed E-state index contributed by atoms with van der Waals surface area (Å²) < 4.78 is 0. The molecule has 15 heavy (non-hydrogen) atoms. The summed E-state index contributed by atoms with van der Waals surface area (Å²) in [6.45, 7) is 2.18. The first-order chi connectivity index (χ1) is 7.17. The molecule has 0 aromatic heterocycles. The van der Waals surface area contributed by atoms with Crippen LogP contribution >= 0.6 is 23.4 Å². The number of hydrogen-bond acceptors (Lipinski definition) is 3. The molecule has 0 aliphatic rings. The Morgan fingerprint density at radius 3 is 2.93 bits per heavy atom. The first kappa shape index (κ1) is 12.6. The Labute approximate surface area is 98.6 Å². The number of aliphatic hydroxyl groups is 1. The molecule has 1 aromatic rings. The lowest BCUT2D eigenvalue weighted by Crippen LogP contribution is -2.00. The third-order valence-corrected chi connectivity index (χ3v) is 3.46. The van der Waals surface area contributed by atoms with Gasteiger partial charge in [0.1, 0.15) is 0 Å². The molecule has 0 radical (unpaired) electrons. The minimum Gasteiger partial charge on any atom is -0.396 e. The molecule has 1 N–H and O–H groups in total. The van der Waals surface area contributed by atoms with Crippen LogP contribution in [0.3, 0.4) is 0 Å². The van der Waals surface area contributed by atoms with Crippen LogP contribution in [0.15, 0.2) is 23.1 Å². The molecule has 0 heterocycles. The Morgan fingerprint density at radius 2 is 2.33 bits per heavy atom. The van der Waals surface area contributed by atoms with Gasteiger partial charge in [-0.3, -0.25) is 4.79 Å². The van der Waals surface area contributed by atoms with Crippen LogP contribution in [0.5, 0.6) is 0 Å². The second-order valence-electron chi connectivity index (χ2n) is 3.24. The summed E-state index contributed by atoms with van der Waals surface area (Å²) in [6.07, 6.45) is 1.52. The molecule has 2 nitrogen and oxygen atoms in total. The normalized spacial score (nSPS) is 12.5. The van der Waals surface area contributed by atoms with Crippen LogP contribution in [0, 0.1) is 0 Å². The van der Waals surface area contributed by atoms with Crippen molar-refractivity contribution in [1.82, 2.24) is 0 Å². The summed E-state index contributed by atoms with van der Waals surface area (Å²) in [5.74, 6) is 0. The molecule has 0 aliphatic carbocycles. The fraction of sp³-hybridized carbons (Fsp3) is 0.364. The van der Waals surface area contributed by atoms with Gasteiger partial charge in [-0.15, -0.1) is 11.8 Å². The molecule has 0 amide bonds. The predicted molar refractivity (Wildman–Crippen MR) is 63.9 cm³/mol. The summed E-state index contributed by atoms with van der Waals surface area (Å²) in [5, 5.41) is 9.63. The van der Waals surface area contributed by atoms with E-state index in [4.69, 9.17) is 16.7 Å². The van der Waals surface area contributed by atoms with Crippen LogP contribution < -0.4 is 0 Å². The smallest absolute Gasteiger partial charge is 0.151 e. The molecule has 0 fully saturated rings. The van der Waals surface area contributed by atoms with E-state index >= 15 is 0 Å². The van der Waals surface area contributed by atoms with Crippen LogP contribution in [-0.2, 0) is 0 Å². The number of aldehydes is 1. The second-order valence-corrected chi connectivity index (χ2v) is 5.16. The zero-order chi connectivity index (χ0) is 11.3. The Bertz CT molecular complexity index is 341. The van der Waals surface area contributed by atoms with Gasteiger partial charge in [-0.05, 0) is 24.6 Å². The lowest BCUT2D eigenvalue weighted by atomic mass is 10.2. The molecule has 82 valence electrons. The van der Waals surface area contributed by atoms with E-state index < -0.39 is 0 Å². The average molecular weight is 245 g/mol. The largest absolute Gasteiger partial charge is 0.396 e. The Kier molecular flexibility index (Phi) is 5.15. The number of aliphatic hydroxyl groups excluding tert-OH is 1. The van der Waals surface area contributed by atoms with Gasteiger partial charge >= 0.3 is 0 Å². The second kappa shape index (κ2) is 6.16. The quantitative estimate of drug-likeness (QED) is 0.639. The number of rotatable bonds is 5. The third kappa shape index (κ3) is 3.86. The van der Waals surface area contributed by atoms with Crippen molar-refractivity contribution in [3.05, 3.63) is 28.8 Å². The highest BCUT2D eigenvalue weighted by Gasteiger charge is 2.08. The van der Waals surface area contributed by atoms with E-state index in [1.54, 1.807) is 23.9 Å². The number of thioether (sulfide) groups is 1. The summed E-state index contributed by atoms with van der Waals surface area (Å²) in [6, 6.07) is 5.26. The number of halogens is 1. The fourth-order valence-corrected chi connectivity index (χ4v) is 2.40. The Balaban J connectivity index is 2.80. The van der Waals surface area contributed by atoms with Crippen molar-refractivity contribution < 1.29 is 9.90 Å². The predicted octanol–water partition coefficient (Wildman–Crippen LogP) is 3.02. The van der Waals surface area contributed by atoms with E-state index in [1.165, 1.54) is 0 Å². The van der Waals surface area contributed by atoms with E-state index in [2.05, 4.69) is 0 Å². The lowest BCUT2D eigenvalue weighted by molar-refractivity contribution is 0.112. The molecule has 0 saturated carbocycles. The van der Waals surface area contributed by atoms with Crippen LogP contribution in [0.1, 0.15) is 23.7 Å². The topological polar surface area (TPSA) is 37.3 Å². The van der Waals surface area contributed by atoms with Crippen LogP contribution in [-0.4, -0.2) is 23.2 Å². The number of carbonyl (C=O) groups is 1. The number of benzene rings is 1. The Morgan fingerprint density at radius 1 is 1.60 bits per heavy atom. The average Bonchev–Trinajstić information content (AvgIpc) is 2.21. The van der Waals surface area contributed by atoms with E-state index in [9.17, 15) is 4.79 Å². The Hall–Kier alpha value is -0.510. The van der Waals surface area contributed by atoms with Crippen molar-refractivity contribution in [2.45, 2.75) is 23.5 Å². The summed E-state index contributed by atoms with van der Waals surface area (Å²) in [5.41, 5.74) is 0.609. The molecule has 1 rings (SSSR count). The summed E-state index contributed by atoms with van der Waals surface area (Å²) in [7, 11) is 0. The van der Waals surface area contributed by atoms with E-state index in [1.807, 2.05) is 13.0 Å². The minimum absolute atomic E-state index is 0.165. The van der Waals surface area contributed by atoms with Crippen molar-refractivity contribution in [3.63, 3.8) is 0 Å². The minimum atomic E-state index is 0.165. The molecule has 4 heteroatoms. The highest BCUT2D eigenvalue weighted by molar-refractivity contribution is 8.00. The molecule has 1 aromatic carbocycles. The molecule has 0 aliphatic heterocycles. The highest BCUT2D eigenvalue weighted by atomic mass is 35.5. The van der Waals surface area contributed by atoms with E-state index in [0.717, 1.165) is 11.2 Å². The zero-order valence-corrected chi connectivity index (χ0v) is 10.0. The van der Waals surface area contributed by atoms with Crippen LogP contribution in [0.2, 0.25) is 5.02 Å². The van der Waals surface area contributed by atoms with Gasteiger partial charge in [-0.2, -0.15) is 0 Å². The molecular formula is C11H13ClO2S. The maximum absolute atomic E-state index is 10.8. The van der Waals surface area contributed by atoms with E-state index in [0.29, 0.717) is 17.0 Å². The number of hydrogen-bond donors (Lipinski definition) is 1. The van der Waals surface area contributed by atoms with Crippen molar-refractivity contribution in [1.29, 1.82) is 0 Å². The number of carbonyl (C=O) groups excluding carboxylic acids is 1. The molecular weight excluding hydrogens is 232 g/mol. The summed E-state index contributed by atoms with van der Waals surface area (Å²) in [4.78, 5) is 11.7. The van der Waals surface area contributed by atoms with Crippen molar-refractivity contribution >= 4 is 29.6 Å².